The molecule has 1 N–H and O–H groups in total. The number of carboxylic acid groups (broad SMARTS) is 1. The molecule has 1 heterocycles. The zero-order valence-electron chi connectivity index (χ0n) is 14.0. The minimum absolute atomic E-state index is 0.449. The zero-order valence-corrected chi connectivity index (χ0v) is 14.0. The molecule has 0 saturated heterocycles. The van der Waals surface area contributed by atoms with Crippen LogP contribution in [-0.4, -0.2) is 18.2 Å². The number of rotatable bonds is 5. The highest BCUT2D eigenvalue weighted by molar-refractivity contribution is 5.88. The Morgan fingerprint density at radius 2 is 2.04 bits per heavy atom. The predicted molar refractivity (Wildman–Crippen MR) is 93.4 cm³/mol. The fraction of sp³-hybridized carbons (Fsp3) is 0.250. The van der Waals surface area contributed by atoms with Crippen LogP contribution in [0.3, 0.4) is 0 Å². The maximum absolute atomic E-state index is 11.1. The number of hydrogen-bond acceptors (Lipinski definition) is 3. The standard InChI is InChI=1S/C20H20O4/c1-12-5-4-6-15(7-12)17-11-16-9-14(8-13(2)20(21)22)10-18(23-3)19(16)24-17/h4-7,9-11,13H,8H2,1-3H3,(H,21,22). The van der Waals surface area contributed by atoms with Crippen LogP contribution in [0.15, 0.2) is 46.9 Å². The molecular formula is C20H20O4. The second kappa shape index (κ2) is 6.40. The number of carbonyl (C=O) groups is 1. The summed E-state index contributed by atoms with van der Waals surface area (Å²) in [6, 6.07) is 13.9. The van der Waals surface area contributed by atoms with Gasteiger partial charge in [0.2, 0.25) is 0 Å². The number of benzene rings is 2. The van der Waals surface area contributed by atoms with Gasteiger partial charge in [0.15, 0.2) is 11.3 Å². The van der Waals surface area contributed by atoms with Crippen molar-refractivity contribution in [3.8, 4) is 17.1 Å². The van der Waals surface area contributed by atoms with Crippen molar-refractivity contribution in [3.05, 3.63) is 53.6 Å². The third kappa shape index (κ3) is 3.13. The molecule has 0 aliphatic heterocycles. The first kappa shape index (κ1) is 16.1. The summed E-state index contributed by atoms with van der Waals surface area (Å²) >= 11 is 0. The molecule has 0 radical (unpaired) electrons. The van der Waals surface area contributed by atoms with E-state index >= 15 is 0 Å². The second-order valence-electron chi connectivity index (χ2n) is 6.14. The number of ether oxygens (including phenoxy) is 1. The van der Waals surface area contributed by atoms with E-state index in [2.05, 4.69) is 6.07 Å². The lowest BCUT2D eigenvalue weighted by Gasteiger charge is -2.08. The maximum Gasteiger partial charge on any atom is 0.306 e. The van der Waals surface area contributed by atoms with Gasteiger partial charge in [-0.3, -0.25) is 4.79 Å². The van der Waals surface area contributed by atoms with Gasteiger partial charge in [0.25, 0.3) is 0 Å². The van der Waals surface area contributed by atoms with Crippen LogP contribution in [0, 0.1) is 12.8 Å². The van der Waals surface area contributed by atoms with E-state index in [0.29, 0.717) is 17.8 Å². The van der Waals surface area contributed by atoms with Crippen LogP contribution in [0.1, 0.15) is 18.1 Å². The molecule has 4 heteroatoms. The topological polar surface area (TPSA) is 59.7 Å². The van der Waals surface area contributed by atoms with E-state index in [9.17, 15) is 4.79 Å². The summed E-state index contributed by atoms with van der Waals surface area (Å²) in [5.41, 5.74) is 3.77. The van der Waals surface area contributed by atoms with Gasteiger partial charge in [-0.25, -0.2) is 0 Å². The fourth-order valence-electron chi connectivity index (χ4n) is 2.83. The Kier molecular flexibility index (Phi) is 4.30. The van der Waals surface area contributed by atoms with E-state index in [-0.39, 0.29) is 0 Å². The summed E-state index contributed by atoms with van der Waals surface area (Å²) in [5, 5.41) is 10.0. The summed E-state index contributed by atoms with van der Waals surface area (Å²) in [6.45, 7) is 3.74. The first-order chi connectivity index (χ1) is 11.5. The van der Waals surface area contributed by atoms with Gasteiger partial charge in [-0.15, -0.1) is 0 Å². The molecular weight excluding hydrogens is 304 g/mol. The van der Waals surface area contributed by atoms with Gasteiger partial charge < -0.3 is 14.3 Å². The SMILES string of the molecule is COc1cc(CC(C)C(=O)O)cc2cc(-c3cccc(C)c3)oc12. The van der Waals surface area contributed by atoms with Crippen molar-refractivity contribution in [2.75, 3.05) is 7.11 Å². The average Bonchev–Trinajstić information content (AvgIpc) is 2.98. The van der Waals surface area contributed by atoms with Crippen LogP contribution in [-0.2, 0) is 11.2 Å². The van der Waals surface area contributed by atoms with Crippen molar-refractivity contribution in [1.29, 1.82) is 0 Å². The molecule has 0 amide bonds. The first-order valence-electron chi connectivity index (χ1n) is 7.88. The van der Waals surface area contributed by atoms with E-state index in [1.165, 1.54) is 0 Å². The minimum atomic E-state index is -0.804. The normalized spacial score (nSPS) is 12.3. The summed E-state index contributed by atoms with van der Waals surface area (Å²) in [4.78, 5) is 11.1. The van der Waals surface area contributed by atoms with Crippen LogP contribution in [0.25, 0.3) is 22.3 Å². The van der Waals surface area contributed by atoms with E-state index in [1.54, 1.807) is 14.0 Å². The molecule has 24 heavy (non-hydrogen) atoms. The predicted octanol–water partition coefficient (Wildman–Crippen LogP) is 4.68. The average molecular weight is 324 g/mol. The Labute approximate surface area is 140 Å². The molecule has 4 nitrogen and oxygen atoms in total. The molecule has 0 aliphatic rings. The lowest BCUT2D eigenvalue weighted by Crippen LogP contribution is -2.12. The Morgan fingerprint density at radius 3 is 2.71 bits per heavy atom. The Hall–Kier alpha value is -2.75. The Morgan fingerprint density at radius 1 is 1.25 bits per heavy atom. The van der Waals surface area contributed by atoms with E-state index in [0.717, 1.165) is 27.8 Å². The Balaban J connectivity index is 2.06. The molecule has 1 aromatic heterocycles. The van der Waals surface area contributed by atoms with Gasteiger partial charge >= 0.3 is 5.97 Å². The molecule has 124 valence electrons. The number of aliphatic carboxylic acids is 1. The van der Waals surface area contributed by atoms with Gasteiger partial charge in [0.1, 0.15) is 5.76 Å². The largest absolute Gasteiger partial charge is 0.493 e. The molecule has 0 saturated carbocycles. The second-order valence-corrected chi connectivity index (χ2v) is 6.14. The van der Waals surface area contributed by atoms with Crippen LogP contribution >= 0.6 is 0 Å². The summed E-state index contributed by atoms with van der Waals surface area (Å²) in [7, 11) is 1.59. The van der Waals surface area contributed by atoms with Crippen LogP contribution in [0.2, 0.25) is 0 Å². The number of fused-ring (bicyclic) bond motifs is 1. The molecule has 3 aromatic rings. The third-order valence-corrected chi connectivity index (χ3v) is 4.13. The zero-order chi connectivity index (χ0) is 17.3. The first-order valence-corrected chi connectivity index (χ1v) is 7.88. The van der Waals surface area contributed by atoms with E-state index in [1.807, 2.05) is 43.3 Å². The summed E-state index contributed by atoms with van der Waals surface area (Å²) < 4.78 is 11.4. The van der Waals surface area contributed by atoms with Crippen molar-refractivity contribution in [1.82, 2.24) is 0 Å². The van der Waals surface area contributed by atoms with Crippen molar-refractivity contribution in [2.45, 2.75) is 20.3 Å². The van der Waals surface area contributed by atoms with Gasteiger partial charge in [0.05, 0.1) is 13.0 Å². The number of furan rings is 1. The van der Waals surface area contributed by atoms with Crippen molar-refractivity contribution in [3.63, 3.8) is 0 Å². The lowest BCUT2D eigenvalue weighted by molar-refractivity contribution is -0.141. The van der Waals surface area contributed by atoms with Crippen molar-refractivity contribution < 1.29 is 19.1 Å². The fourth-order valence-corrected chi connectivity index (χ4v) is 2.83. The molecule has 0 spiro atoms. The molecule has 0 bridgehead atoms. The van der Waals surface area contributed by atoms with Crippen LogP contribution in [0.5, 0.6) is 5.75 Å². The van der Waals surface area contributed by atoms with E-state index < -0.39 is 11.9 Å². The van der Waals surface area contributed by atoms with Gasteiger partial charge in [-0.1, -0.05) is 30.7 Å². The number of hydrogen-bond donors (Lipinski definition) is 1. The highest BCUT2D eigenvalue weighted by Crippen LogP contribution is 2.35. The Bertz CT molecular complexity index is 892. The van der Waals surface area contributed by atoms with Gasteiger partial charge in [-0.2, -0.15) is 0 Å². The smallest absolute Gasteiger partial charge is 0.306 e. The monoisotopic (exact) mass is 324 g/mol. The van der Waals surface area contributed by atoms with Crippen LogP contribution < -0.4 is 4.74 Å². The summed E-state index contributed by atoms with van der Waals surface area (Å²) in [6.07, 6.45) is 0.451. The van der Waals surface area contributed by atoms with E-state index in [4.69, 9.17) is 14.3 Å². The molecule has 2 aromatic carbocycles. The van der Waals surface area contributed by atoms with Crippen LogP contribution in [0.4, 0.5) is 0 Å². The lowest BCUT2D eigenvalue weighted by atomic mass is 10.00. The highest BCUT2D eigenvalue weighted by Gasteiger charge is 2.16. The number of methoxy groups -OCH3 is 1. The molecule has 1 unspecified atom stereocenters. The van der Waals surface area contributed by atoms with Gasteiger partial charge in [-0.05, 0) is 43.2 Å². The van der Waals surface area contributed by atoms with Crippen molar-refractivity contribution in [2.24, 2.45) is 5.92 Å². The number of carboxylic acids is 1. The summed E-state index contributed by atoms with van der Waals surface area (Å²) in [5.74, 6) is 0.145. The number of aryl methyl sites for hydroxylation is 1. The molecule has 0 fully saturated rings. The molecule has 0 aliphatic carbocycles. The quantitative estimate of drug-likeness (QED) is 0.740. The van der Waals surface area contributed by atoms with Gasteiger partial charge in [0, 0.05) is 10.9 Å². The highest BCUT2D eigenvalue weighted by atomic mass is 16.5. The van der Waals surface area contributed by atoms with Crippen molar-refractivity contribution >= 4 is 16.9 Å². The molecule has 1 atom stereocenters. The molecule has 3 rings (SSSR count). The maximum atomic E-state index is 11.1. The third-order valence-electron chi connectivity index (χ3n) is 4.13. The minimum Gasteiger partial charge on any atom is -0.493 e.